The minimum Gasteiger partial charge on any atom is -0.399 e. The zero-order chi connectivity index (χ0) is 15.8. The number of benzene rings is 1. The zero-order valence-electron chi connectivity index (χ0n) is 10.7. The molecule has 5 nitrogen and oxygen atoms in total. The summed E-state index contributed by atoms with van der Waals surface area (Å²) in [6.45, 7) is 1.74. The van der Waals surface area contributed by atoms with E-state index in [1.807, 2.05) is 0 Å². The predicted octanol–water partition coefficient (Wildman–Crippen LogP) is 3.84. The van der Waals surface area contributed by atoms with Crippen molar-refractivity contribution in [2.45, 2.75) is 11.8 Å². The molecule has 0 unspecified atom stereocenters. The summed E-state index contributed by atoms with van der Waals surface area (Å²) in [5.74, 6) is 0.166. The maximum Gasteiger partial charge on any atom is 0.266 e. The number of halogens is 3. The maximum absolute atomic E-state index is 12.4. The van der Waals surface area contributed by atoms with E-state index in [2.05, 4.69) is 25.6 Å². The van der Waals surface area contributed by atoms with Crippen LogP contribution >= 0.6 is 39.1 Å². The van der Waals surface area contributed by atoms with Gasteiger partial charge in [0.25, 0.3) is 10.0 Å². The van der Waals surface area contributed by atoms with Crippen molar-refractivity contribution in [3.8, 4) is 0 Å². The number of nitrogens with two attached hydrogens (primary N) is 1. The summed E-state index contributed by atoms with van der Waals surface area (Å²) in [5, 5.41) is -0.109. The number of nitrogens with one attached hydrogen (secondary N) is 1. The molecule has 0 saturated heterocycles. The second-order valence-corrected chi connectivity index (χ2v) is 7.47. The van der Waals surface area contributed by atoms with E-state index < -0.39 is 10.0 Å². The summed E-state index contributed by atoms with van der Waals surface area (Å²) < 4.78 is 27.9. The van der Waals surface area contributed by atoms with Crippen molar-refractivity contribution >= 4 is 60.7 Å². The molecule has 2 rings (SSSR count). The minimum atomic E-state index is -3.97. The Morgan fingerprint density at radius 2 is 1.81 bits per heavy atom. The van der Waals surface area contributed by atoms with Gasteiger partial charge in [-0.05, 0) is 47.1 Å². The van der Waals surface area contributed by atoms with Crippen LogP contribution in [0, 0.1) is 6.92 Å². The molecule has 0 amide bonds. The molecule has 0 aliphatic heterocycles. The second-order valence-electron chi connectivity index (χ2n) is 4.18. The van der Waals surface area contributed by atoms with Crippen molar-refractivity contribution in [2.75, 3.05) is 10.5 Å². The number of sulfonamides is 1. The Labute approximate surface area is 140 Å². The normalized spacial score (nSPS) is 11.4. The number of nitrogen functional groups attached to an aromatic ring is 1. The van der Waals surface area contributed by atoms with Gasteiger partial charge in [0.15, 0.2) is 0 Å². The Kier molecular flexibility index (Phi) is 4.67. The maximum atomic E-state index is 12.4. The molecular formula is C12H10BrCl2N3O2S. The van der Waals surface area contributed by atoms with Crippen molar-refractivity contribution in [1.82, 2.24) is 4.98 Å². The fourth-order valence-electron chi connectivity index (χ4n) is 1.63. The van der Waals surface area contributed by atoms with Gasteiger partial charge in [-0.1, -0.05) is 23.2 Å². The molecule has 112 valence electrons. The number of hydrogen-bond donors (Lipinski definition) is 2. The van der Waals surface area contributed by atoms with Crippen LogP contribution in [0.2, 0.25) is 10.0 Å². The van der Waals surface area contributed by atoms with E-state index in [0.717, 1.165) is 4.47 Å². The first-order valence-corrected chi connectivity index (χ1v) is 8.64. The topological polar surface area (TPSA) is 85.1 Å². The number of rotatable bonds is 3. The summed E-state index contributed by atoms with van der Waals surface area (Å²) in [5.41, 5.74) is 6.48. The molecule has 0 spiro atoms. The molecule has 1 heterocycles. The van der Waals surface area contributed by atoms with Crippen LogP contribution in [0.5, 0.6) is 0 Å². The Balaban J connectivity index is 2.46. The molecule has 1 aromatic carbocycles. The molecule has 21 heavy (non-hydrogen) atoms. The van der Waals surface area contributed by atoms with Crippen LogP contribution in [0.1, 0.15) is 5.69 Å². The lowest BCUT2D eigenvalue weighted by Gasteiger charge is -2.11. The highest BCUT2D eigenvalue weighted by Crippen LogP contribution is 2.33. The van der Waals surface area contributed by atoms with E-state index in [1.54, 1.807) is 13.0 Å². The van der Waals surface area contributed by atoms with E-state index in [9.17, 15) is 8.42 Å². The zero-order valence-corrected chi connectivity index (χ0v) is 14.6. The molecular weight excluding hydrogens is 401 g/mol. The van der Waals surface area contributed by atoms with Crippen LogP contribution in [0.4, 0.5) is 11.5 Å². The molecule has 0 atom stereocenters. The first-order valence-electron chi connectivity index (χ1n) is 5.61. The third kappa shape index (κ3) is 3.60. The van der Waals surface area contributed by atoms with Gasteiger partial charge in [-0.3, -0.25) is 4.72 Å². The van der Waals surface area contributed by atoms with Gasteiger partial charge in [0.1, 0.15) is 10.7 Å². The minimum absolute atomic E-state index is 0.0543. The molecule has 0 bridgehead atoms. The van der Waals surface area contributed by atoms with Crippen LogP contribution in [0.15, 0.2) is 33.6 Å². The molecule has 0 aliphatic rings. The van der Waals surface area contributed by atoms with Gasteiger partial charge in [-0.15, -0.1) is 0 Å². The fraction of sp³-hybridized carbons (Fsp3) is 0.0833. The molecule has 0 aliphatic carbocycles. The van der Waals surface area contributed by atoms with Crippen LogP contribution in [-0.4, -0.2) is 13.4 Å². The third-order valence-electron chi connectivity index (χ3n) is 2.55. The Hall–Kier alpha value is -1.02. The lowest BCUT2D eigenvalue weighted by atomic mass is 10.3. The Bertz CT molecular complexity index is 789. The summed E-state index contributed by atoms with van der Waals surface area (Å²) in [6.07, 6.45) is 0. The van der Waals surface area contributed by atoms with E-state index in [4.69, 9.17) is 28.9 Å². The SMILES string of the molecule is Cc1nc(NS(=O)(=O)c2c(Cl)cc(N)cc2Cl)ccc1Br. The van der Waals surface area contributed by atoms with Gasteiger partial charge in [0, 0.05) is 10.2 Å². The van der Waals surface area contributed by atoms with Gasteiger partial charge in [0.05, 0.1) is 15.7 Å². The number of anilines is 2. The van der Waals surface area contributed by atoms with Crippen molar-refractivity contribution in [2.24, 2.45) is 0 Å². The van der Waals surface area contributed by atoms with Crippen LogP contribution in [-0.2, 0) is 10.0 Å². The lowest BCUT2D eigenvalue weighted by molar-refractivity contribution is 0.601. The average molecular weight is 411 g/mol. The first kappa shape index (κ1) is 16.4. The van der Waals surface area contributed by atoms with Gasteiger partial charge in [0.2, 0.25) is 0 Å². The number of nitrogens with zero attached hydrogens (tertiary/aromatic N) is 1. The van der Waals surface area contributed by atoms with Gasteiger partial charge >= 0.3 is 0 Å². The standard InChI is InChI=1S/C12H10BrCl2N3O2S/c1-6-8(13)2-3-11(17-6)18-21(19,20)12-9(14)4-7(16)5-10(12)15/h2-5H,16H2,1H3,(H,17,18). The Morgan fingerprint density at radius 3 is 2.33 bits per heavy atom. The number of aromatic nitrogens is 1. The first-order chi connectivity index (χ1) is 9.70. The van der Waals surface area contributed by atoms with Crippen LogP contribution in [0.25, 0.3) is 0 Å². The summed E-state index contributed by atoms with van der Waals surface area (Å²) in [4.78, 5) is 3.88. The van der Waals surface area contributed by atoms with E-state index in [-0.39, 0.29) is 26.4 Å². The number of aryl methyl sites for hydroxylation is 1. The highest BCUT2D eigenvalue weighted by Gasteiger charge is 2.23. The highest BCUT2D eigenvalue weighted by atomic mass is 79.9. The molecule has 1 aromatic heterocycles. The largest absolute Gasteiger partial charge is 0.399 e. The molecule has 2 aromatic rings. The van der Waals surface area contributed by atoms with E-state index in [1.165, 1.54) is 18.2 Å². The van der Waals surface area contributed by atoms with Gasteiger partial charge in [-0.2, -0.15) is 0 Å². The van der Waals surface area contributed by atoms with Crippen LogP contribution in [0.3, 0.4) is 0 Å². The van der Waals surface area contributed by atoms with Crippen molar-refractivity contribution < 1.29 is 8.42 Å². The monoisotopic (exact) mass is 409 g/mol. The molecule has 0 fully saturated rings. The summed E-state index contributed by atoms with van der Waals surface area (Å²) in [6, 6.07) is 5.85. The van der Waals surface area contributed by atoms with Crippen molar-refractivity contribution in [3.63, 3.8) is 0 Å². The van der Waals surface area contributed by atoms with E-state index in [0.29, 0.717) is 5.69 Å². The summed E-state index contributed by atoms with van der Waals surface area (Å²) >= 11 is 15.2. The number of pyridine rings is 1. The quantitative estimate of drug-likeness (QED) is 0.752. The van der Waals surface area contributed by atoms with Crippen LogP contribution < -0.4 is 10.5 Å². The highest BCUT2D eigenvalue weighted by molar-refractivity contribution is 9.10. The fourth-order valence-corrected chi connectivity index (χ4v) is 4.08. The predicted molar refractivity (Wildman–Crippen MR) is 88.4 cm³/mol. The lowest BCUT2D eigenvalue weighted by Crippen LogP contribution is -2.15. The van der Waals surface area contributed by atoms with Gasteiger partial charge < -0.3 is 5.73 Å². The smallest absolute Gasteiger partial charge is 0.266 e. The van der Waals surface area contributed by atoms with Crippen molar-refractivity contribution in [1.29, 1.82) is 0 Å². The third-order valence-corrected chi connectivity index (χ3v) is 5.66. The molecule has 9 heteroatoms. The van der Waals surface area contributed by atoms with Gasteiger partial charge in [-0.25, -0.2) is 13.4 Å². The Morgan fingerprint density at radius 1 is 1.24 bits per heavy atom. The second kappa shape index (κ2) is 6.00. The molecule has 3 N–H and O–H groups in total. The average Bonchev–Trinajstić information content (AvgIpc) is 2.31. The van der Waals surface area contributed by atoms with Crippen molar-refractivity contribution in [3.05, 3.63) is 44.5 Å². The summed E-state index contributed by atoms with van der Waals surface area (Å²) in [7, 11) is -3.97. The number of hydrogen-bond acceptors (Lipinski definition) is 4. The molecule has 0 radical (unpaired) electrons. The molecule has 0 saturated carbocycles. The van der Waals surface area contributed by atoms with E-state index >= 15 is 0 Å².